The quantitative estimate of drug-likeness (QED) is 0.769. The molecule has 0 aliphatic rings. The summed E-state index contributed by atoms with van der Waals surface area (Å²) in [6, 6.07) is 8.43. The summed E-state index contributed by atoms with van der Waals surface area (Å²) in [6.45, 7) is -0.212. The molecule has 7 heteroatoms. The number of methoxy groups -OCH3 is 1. The summed E-state index contributed by atoms with van der Waals surface area (Å²) in [5.41, 5.74) is 1.28. The molecule has 0 aliphatic carbocycles. The predicted molar refractivity (Wildman–Crippen MR) is 85.7 cm³/mol. The normalized spacial score (nSPS) is 10.2. The first kappa shape index (κ1) is 16.3. The molecule has 0 heterocycles. The van der Waals surface area contributed by atoms with Crippen molar-refractivity contribution >= 4 is 33.3 Å². The summed E-state index contributed by atoms with van der Waals surface area (Å²) in [4.78, 5) is 12.0. The van der Waals surface area contributed by atoms with Crippen molar-refractivity contribution in [2.45, 2.75) is 6.61 Å². The van der Waals surface area contributed by atoms with Crippen molar-refractivity contribution in [3.05, 3.63) is 52.3 Å². The van der Waals surface area contributed by atoms with Crippen molar-refractivity contribution in [1.29, 1.82) is 0 Å². The lowest BCUT2D eigenvalue weighted by atomic mass is 10.2. The molecular weight excluding hydrogens is 355 g/mol. The number of aliphatic hydroxyl groups is 1. The van der Waals surface area contributed by atoms with Crippen LogP contribution in [0.5, 0.6) is 5.75 Å². The Bertz CT molecular complexity index is 694. The zero-order valence-electron chi connectivity index (χ0n) is 11.7. The molecule has 0 aliphatic heterocycles. The molecule has 0 aromatic heterocycles. The molecule has 0 radical (unpaired) electrons. The molecule has 22 heavy (non-hydrogen) atoms. The van der Waals surface area contributed by atoms with E-state index in [4.69, 9.17) is 4.74 Å². The van der Waals surface area contributed by atoms with Gasteiger partial charge in [-0.3, -0.25) is 0 Å². The van der Waals surface area contributed by atoms with Crippen LogP contribution in [-0.4, -0.2) is 18.2 Å². The number of urea groups is 1. The van der Waals surface area contributed by atoms with Gasteiger partial charge in [0.25, 0.3) is 0 Å². The fraction of sp³-hybridized carbons (Fsp3) is 0.133. The number of aliphatic hydroxyl groups excluding tert-OH is 1. The zero-order valence-corrected chi connectivity index (χ0v) is 13.3. The summed E-state index contributed by atoms with van der Waals surface area (Å²) in [5, 5.41) is 14.4. The number of hydrogen-bond donors (Lipinski definition) is 3. The Labute approximate surface area is 135 Å². The minimum atomic E-state index is -0.555. The SMILES string of the molecule is COc1cc(F)cc(NC(=O)Nc2cc(Br)ccc2CO)c1. The van der Waals surface area contributed by atoms with Gasteiger partial charge in [0, 0.05) is 33.5 Å². The highest BCUT2D eigenvalue weighted by Gasteiger charge is 2.09. The molecule has 2 amide bonds. The van der Waals surface area contributed by atoms with Gasteiger partial charge in [-0.2, -0.15) is 0 Å². The second kappa shape index (κ2) is 7.24. The van der Waals surface area contributed by atoms with Gasteiger partial charge in [0.05, 0.1) is 13.7 Å². The van der Waals surface area contributed by atoms with Crippen LogP contribution in [0, 0.1) is 5.82 Å². The lowest BCUT2D eigenvalue weighted by molar-refractivity contribution is 0.262. The molecule has 0 spiro atoms. The van der Waals surface area contributed by atoms with E-state index in [0.29, 0.717) is 17.0 Å². The Morgan fingerprint density at radius 2 is 2.05 bits per heavy atom. The number of amides is 2. The second-order valence-electron chi connectivity index (χ2n) is 4.42. The van der Waals surface area contributed by atoms with Crippen molar-refractivity contribution in [1.82, 2.24) is 0 Å². The molecule has 2 aromatic rings. The van der Waals surface area contributed by atoms with Crippen LogP contribution in [-0.2, 0) is 6.61 Å². The van der Waals surface area contributed by atoms with Crippen LogP contribution >= 0.6 is 15.9 Å². The molecule has 0 saturated heterocycles. The third-order valence-corrected chi connectivity index (χ3v) is 3.35. The minimum absolute atomic E-state index is 0.212. The number of carbonyl (C=O) groups is 1. The fourth-order valence-electron chi connectivity index (χ4n) is 1.84. The average molecular weight is 369 g/mol. The molecule has 0 fully saturated rings. The largest absolute Gasteiger partial charge is 0.497 e. The van der Waals surface area contributed by atoms with Crippen molar-refractivity contribution in [3.63, 3.8) is 0 Å². The van der Waals surface area contributed by atoms with E-state index < -0.39 is 11.8 Å². The predicted octanol–water partition coefficient (Wildman–Crippen LogP) is 3.73. The van der Waals surface area contributed by atoms with Gasteiger partial charge < -0.3 is 20.5 Å². The van der Waals surface area contributed by atoms with Crippen LogP contribution < -0.4 is 15.4 Å². The van der Waals surface area contributed by atoms with E-state index >= 15 is 0 Å². The first-order valence-electron chi connectivity index (χ1n) is 6.33. The Kier molecular flexibility index (Phi) is 5.35. The smallest absolute Gasteiger partial charge is 0.323 e. The van der Waals surface area contributed by atoms with E-state index in [1.54, 1.807) is 18.2 Å². The van der Waals surface area contributed by atoms with Gasteiger partial charge in [0.1, 0.15) is 11.6 Å². The summed E-state index contributed by atoms with van der Waals surface area (Å²) >= 11 is 3.29. The van der Waals surface area contributed by atoms with Gasteiger partial charge in [0.15, 0.2) is 0 Å². The summed E-state index contributed by atoms with van der Waals surface area (Å²) < 4.78 is 19.1. The molecular formula is C15H14BrFN2O3. The minimum Gasteiger partial charge on any atom is -0.497 e. The van der Waals surface area contributed by atoms with E-state index in [9.17, 15) is 14.3 Å². The van der Waals surface area contributed by atoms with Crippen LogP contribution in [0.3, 0.4) is 0 Å². The second-order valence-corrected chi connectivity index (χ2v) is 5.33. The van der Waals surface area contributed by atoms with Crippen LogP contribution in [0.2, 0.25) is 0 Å². The van der Waals surface area contributed by atoms with Gasteiger partial charge in [-0.1, -0.05) is 22.0 Å². The first-order chi connectivity index (χ1) is 10.5. The van der Waals surface area contributed by atoms with E-state index in [-0.39, 0.29) is 12.3 Å². The monoisotopic (exact) mass is 368 g/mol. The summed E-state index contributed by atoms with van der Waals surface area (Å²) in [7, 11) is 1.41. The van der Waals surface area contributed by atoms with Gasteiger partial charge in [-0.25, -0.2) is 9.18 Å². The Morgan fingerprint density at radius 3 is 2.73 bits per heavy atom. The molecule has 0 unspecified atom stereocenters. The zero-order chi connectivity index (χ0) is 16.1. The summed E-state index contributed by atoms with van der Waals surface area (Å²) in [6.07, 6.45) is 0. The van der Waals surface area contributed by atoms with Crippen molar-refractivity contribution in [2.75, 3.05) is 17.7 Å². The van der Waals surface area contributed by atoms with E-state index in [2.05, 4.69) is 26.6 Å². The highest BCUT2D eigenvalue weighted by molar-refractivity contribution is 9.10. The van der Waals surface area contributed by atoms with E-state index in [0.717, 1.165) is 4.47 Å². The maximum atomic E-state index is 13.4. The number of ether oxygens (including phenoxy) is 1. The Hall–Kier alpha value is -2.12. The number of benzene rings is 2. The number of nitrogens with one attached hydrogen (secondary N) is 2. The number of halogens is 2. The molecule has 2 aromatic carbocycles. The molecule has 116 valence electrons. The first-order valence-corrected chi connectivity index (χ1v) is 7.13. The molecule has 2 rings (SSSR count). The van der Waals surface area contributed by atoms with Gasteiger partial charge in [-0.05, 0) is 18.2 Å². The summed E-state index contributed by atoms with van der Waals surface area (Å²) in [5.74, 6) is -0.220. The van der Waals surface area contributed by atoms with Crippen molar-refractivity contribution < 1.29 is 19.0 Å². The van der Waals surface area contributed by atoms with Crippen LogP contribution in [0.25, 0.3) is 0 Å². The number of hydrogen-bond acceptors (Lipinski definition) is 3. The van der Waals surface area contributed by atoms with Gasteiger partial charge in [-0.15, -0.1) is 0 Å². The lowest BCUT2D eigenvalue weighted by Crippen LogP contribution is -2.20. The van der Waals surface area contributed by atoms with E-state index in [1.165, 1.54) is 25.3 Å². The van der Waals surface area contributed by atoms with Crippen LogP contribution in [0.4, 0.5) is 20.6 Å². The van der Waals surface area contributed by atoms with Crippen molar-refractivity contribution in [2.24, 2.45) is 0 Å². The third-order valence-electron chi connectivity index (χ3n) is 2.86. The van der Waals surface area contributed by atoms with Gasteiger partial charge >= 0.3 is 6.03 Å². The van der Waals surface area contributed by atoms with Crippen molar-refractivity contribution in [3.8, 4) is 5.75 Å². The van der Waals surface area contributed by atoms with E-state index in [1.807, 2.05) is 0 Å². The third kappa shape index (κ3) is 4.19. The molecule has 3 N–H and O–H groups in total. The molecule has 5 nitrogen and oxygen atoms in total. The highest BCUT2D eigenvalue weighted by Crippen LogP contribution is 2.23. The molecule has 0 saturated carbocycles. The standard InChI is InChI=1S/C15H14BrFN2O3/c1-22-13-6-11(17)5-12(7-13)18-15(21)19-14-4-10(16)3-2-9(14)8-20/h2-7,20H,8H2,1H3,(H2,18,19,21). The lowest BCUT2D eigenvalue weighted by Gasteiger charge is -2.12. The van der Waals surface area contributed by atoms with Gasteiger partial charge in [0.2, 0.25) is 0 Å². The maximum Gasteiger partial charge on any atom is 0.323 e. The van der Waals surface area contributed by atoms with Crippen LogP contribution in [0.15, 0.2) is 40.9 Å². The maximum absolute atomic E-state index is 13.4. The number of rotatable bonds is 4. The Morgan fingerprint density at radius 1 is 1.27 bits per heavy atom. The van der Waals surface area contributed by atoms with Crippen LogP contribution in [0.1, 0.15) is 5.56 Å². The number of carbonyl (C=O) groups excluding carboxylic acids is 1. The highest BCUT2D eigenvalue weighted by atomic mass is 79.9. The fourth-order valence-corrected chi connectivity index (χ4v) is 2.20. The molecule has 0 bridgehead atoms. The number of anilines is 2. The molecule has 0 atom stereocenters. The topological polar surface area (TPSA) is 70.6 Å². The average Bonchev–Trinajstić information content (AvgIpc) is 2.46. The Balaban J connectivity index is 2.13.